The van der Waals surface area contributed by atoms with Gasteiger partial charge in [-0.2, -0.15) is 0 Å². The number of hydrogen-bond donors (Lipinski definition) is 1. The van der Waals surface area contributed by atoms with Crippen LogP contribution in [-0.2, 0) is 11.3 Å². The standard InChI is InChI=1S/C25H24ClFN4O2/c1-15-12-31(13-16(2)33-15)19-9-20-21(11-29-25(20)28-10-19)17-6-7-30(23(32)8-17)14-18-4-3-5-22(26)24(18)27/h3-11,15-16H,12-14H2,1-2H3,(H,28,29)/t15-,16-/m0/s1. The Morgan fingerprint density at radius 3 is 2.76 bits per heavy atom. The third-order valence-electron chi connectivity index (χ3n) is 5.98. The fraction of sp³-hybridized carbons (Fsp3) is 0.280. The predicted octanol–water partition coefficient (Wildman–Crippen LogP) is 4.85. The van der Waals surface area contributed by atoms with Crippen molar-refractivity contribution in [3.8, 4) is 11.1 Å². The van der Waals surface area contributed by atoms with E-state index >= 15 is 0 Å². The van der Waals surface area contributed by atoms with Crippen molar-refractivity contribution >= 4 is 28.3 Å². The Hall–Kier alpha value is -3.16. The van der Waals surface area contributed by atoms with Gasteiger partial charge in [-0.15, -0.1) is 0 Å². The van der Waals surface area contributed by atoms with Crippen LogP contribution in [0.4, 0.5) is 10.1 Å². The molecular formula is C25H24ClFN4O2. The molecule has 0 unspecified atom stereocenters. The summed E-state index contributed by atoms with van der Waals surface area (Å²) in [7, 11) is 0. The minimum absolute atomic E-state index is 0.0447. The molecule has 8 heteroatoms. The van der Waals surface area contributed by atoms with Gasteiger partial charge in [-0.25, -0.2) is 9.37 Å². The normalized spacial score (nSPS) is 18.7. The average molecular weight is 467 g/mol. The minimum Gasteiger partial charge on any atom is -0.372 e. The molecule has 0 bridgehead atoms. The van der Waals surface area contributed by atoms with E-state index < -0.39 is 5.82 Å². The van der Waals surface area contributed by atoms with E-state index in [0.717, 1.165) is 40.9 Å². The SMILES string of the molecule is C[C@H]1CN(c2cnc3[nH]cc(-c4ccn(Cc5cccc(Cl)c5F)c(=O)c4)c3c2)C[C@H](C)O1. The summed E-state index contributed by atoms with van der Waals surface area (Å²) in [6.07, 6.45) is 5.70. The monoisotopic (exact) mass is 466 g/mol. The van der Waals surface area contributed by atoms with Crippen molar-refractivity contribution in [3.05, 3.63) is 81.7 Å². The molecule has 1 aliphatic rings. The second kappa shape index (κ2) is 8.65. The summed E-state index contributed by atoms with van der Waals surface area (Å²) < 4.78 is 21.6. The molecule has 3 aromatic heterocycles. The van der Waals surface area contributed by atoms with Gasteiger partial charge in [-0.3, -0.25) is 4.79 Å². The zero-order valence-corrected chi connectivity index (χ0v) is 19.1. The first-order valence-electron chi connectivity index (χ1n) is 10.9. The summed E-state index contributed by atoms with van der Waals surface area (Å²) in [5.74, 6) is -0.503. The van der Waals surface area contributed by atoms with E-state index in [9.17, 15) is 9.18 Å². The number of morpholine rings is 1. The maximum absolute atomic E-state index is 14.3. The van der Waals surface area contributed by atoms with Gasteiger partial charge >= 0.3 is 0 Å². The molecule has 1 aliphatic heterocycles. The van der Waals surface area contributed by atoms with Crippen LogP contribution in [0, 0.1) is 5.82 Å². The third-order valence-corrected chi connectivity index (χ3v) is 6.27. The summed E-state index contributed by atoms with van der Waals surface area (Å²) in [6, 6.07) is 10.3. The average Bonchev–Trinajstić information content (AvgIpc) is 3.21. The number of hydrogen-bond acceptors (Lipinski definition) is 4. The summed E-state index contributed by atoms with van der Waals surface area (Å²) in [5, 5.41) is 0.987. The lowest BCUT2D eigenvalue weighted by Gasteiger charge is -2.36. The molecule has 6 nitrogen and oxygen atoms in total. The summed E-state index contributed by atoms with van der Waals surface area (Å²) in [4.78, 5) is 22.9. The van der Waals surface area contributed by atoms with Crippen LogP contribution < -0.4 is 10.5 Å². The van der Waals surface area contributed by atoms with Gasteiger partial charge in [0.25, 0.3) is 5.56 Å². The van der Waals surface area contributed by atoms with Crippen LogP contribution in [0.15, 0.2) is 59.8 Å². The van der Waals surface area contributed by atoms with Gasteiger partial charge in [0, 0.05) is 48.1 Å². The first-order valence-corrected chi connectivity index (χ1v) is 11.3. The fourth-order valence-corrected chi connectivity index (χ4v) is 4.65. The fourth-order valence-electron chi connectivity index (χ4n) is 4.45. The molecule has 33 heavy (non-hydrogen) atoms. The Bertz CT molecular complexity index is 1370. The molecule has 5 rings (SSSR count). The minimum atomic E-state index is -0.503. The molecule has 0 amide bonds. The molecule has 0 spiro atoms. The number of rotatable bonds is 4. The lowest BCUT2D eigenvalue weighted by molar-refractivity contribution is -0.00522. The quantitative estimate of drug-likeness (QED) is 0.467. The maximum Gasteiger partial charge on any atom is 0.251 e. The van der Waals surface area contributed by atoms with Crippen molar-refractivity contribution in [2.24, 2.45) is 0 Å². The number of halogens is 2. The predicted molar refractivity (Wildman–Crippen MR) is 129 cm³/mol. The van der Waals surface area contributed by atoms with Gasteiger partial charge in [-0.1, -0.05) is 23.7 Å². The molecule has 2 atom stereocenters. The number of fused-ring (bicyclic) bond motifs is 1. The van der Waals surface area contributed by atoms with E-state index in [4.69, 9.17) is 16.3 Å². The van der Waals surface area contributed by atoms with Crippen LogP contribution in [0.1, 0.15) is 19.4 Å². The molecule has 170 valence electrons. The van der Waals surface area contributed by atoms with E-state index in [1.54, 1.807) is 24.4 Å². The number of anilines is 1. The highest BCUT2D eigenvalue weighted by Crippen LogP contribution is 2.31. The molecule has 4 aromatic rings. The van der Waals surface area contributed by atoms with Gasteiger partial charge in [-0.05, 0) is 37.6 Å². The number of H-pyrrole nitrogens is 1. The van der Waals surface area contributed by atoms with Crippen LogP contribution in [0.2, 0.25) is 5.02 Å². The molecule has 1 saturated heterocycles. The third kappa shape index (κ3) is 4.26. The van der Waals surface area contributed by atoms with Crippen molar-refractivity contribution in [2.45, 2.75) is 32.6 Å². The first-order chi connectivity index (χ1) is 15.9. The van der Waals surface area contributed by atoms with Gasteiger partial charge in [0.15, 0.2) is 0 Å². The lowest BCUT2D eigenvalue weighted by Crippen LogP contribution is -2.45. The summed E-state index contributed by atoms with van der Waals surface area (Å²) in [6.45, 7) is 5.85. The van der Waals surface area contributed by atoms with Crippen molar-refractivity contribution in [2.75, 3.05) is 18.0 Å². The largest absolute Gasteiger partial charge is 0.372 e. The van der Waals surface area contributed by atoms with Gasteiger partial charge in [0.1, 0.15) is 11.5 Å². The van der Waals surface area contributed by atoms with Crippen LogP contribution >= 0.6 is 11.6 Å². The lowest BCUT2D eigenvalue weighted by atomic mass is 10.1. The molecule has 0 saturated carbocycles. The number of pyridine rings is 2. The molecule has 0 aliphatic carbocycles. The number of ether oxygens (including phenoxy) is 1. The zero-order chi connectivity index (χ0) is 23.1. The van der Waals surface area contributed by atoms with Crippen molar-refractivity contribution in [1.29, 1.82) is 0 Å². The van der Waals surface area contributed by atoms with Crippen LogP contribution in [-0.4, -0.2) is 39.8 Å². The molecular weight excluding hydrogens is 443 g/mol. The highest BCUT2D eigenvalue weighted by molar-refractivity contribution is 6.30. The summed E-state index contributed by atoms with van der Waals surface area (Å²) in [5.41, 5.74) is 3.60. The number of aromatic nitrogens is 3. The number of nitrogens with zero attached hydrogens (tertiary/aromatic N) is 3. The van der Waals surface area contributed by atoms with Crippen molar-refractivity contribution < 1.29 is 9.13 Å². The van der Waals surface area contributed by atoms with E-state index in [-0.39, 0.29) is 29.3 Å². The van der Waals surface area contributed by atoms with Crippen LogP contribution in [0.5, 0.6) is 0 Å². The first kappa shape index (κ1) is 21.7. The number of aromatic amines is 1. The van der Waals surface area contributed by atoms with E-state index in [1.165, 1.54) is 10.6 Å². The van der Waals surface area contributed by atoms with Gasteiger partial charge < -0.3 is 19.2 Å². The van der Waals surface area contributed by atoms with Crippen LogP contribution in [0.3, 0.4) is 0 Å². The second-order valence-electron chi connectivity index (χ2n) is 8.55. The number of nitrogens with one attached hydrogen (secondary N) is 1. The zero-order valence-electron chi connectivity index (χ0n) is 18.4. The van der Waals surface area contributed by atoms with E-state index in [0.29, 0.717) is 5.56 Å². The Morgan fingerprint density at radius 2 is 2.00 bits per heavy atom. The Labute approximate surface area is 195 Å². The summed E-state index contributed by atoms with van der Waals surface area (Å²) >= 11 is 5.87. The number of benzene rings is 1. The molecule has 4 heterocycles. The molecule has 0 radical (unpaired) electrons. The molecule has 1 aromatic carbocycles. The topological polar surface area (TPSA) is 63.2 Å². The second-order valence-corrected chi connectivity index (χ2v) is 8.96. The van der Waals surface area contributed by atoms with E-state index in [2.05, 4.69) is 34.8 Å². The Balaban J connectivity index is 1.47. The smallest absolute Gasteiger partial charge is 0.251 e. The molecule has 1 fully saturated rings. The maximum atomic E-state index is 14.3. The molecule has 1 N–H and O–H groups in total. The van der Waals surface area contributed by atoms with E-state index in [1.807, 2.05) is 18.5 Å². The van der Waals surface area contributed by atoms with Crippen LogP contribution in [0.25, 0.3) is 22.2 Å². The van der Waals surface area contributed by atoms with Gasteiger partial charge in [0.2, 0.25) is 0 Å². The highest BCUT2D eigenvalue weighted by atomic mass is 35.5. The Kier molecular flexibility index (Phi) is 5.68. The van der Waals surface area contributed by atoms with Gasteiger partial charge in [0.05, 0.1) is 35.7 Å². The van der Waals surface area contributed by atoms with Crippen molar-refractivity contribution in [1.82, 2.24) is 14.5 Å². The Morgan fingerprint density at radius 1 is 1.21 bits per heavy atom. The highest BCUT2D eigenvalue weighted by Gasteiger charge is 2.23. The van der Waals surface area contributed by atoms with Crippen molar-refractivity contribution in [3.63, 3.8) is 0 Å².